The van der Waals surface area contributed by atoms with Crippen molar-refractivity contribution in [3.8, 4) is 0 Å². The molecule has 0 aromatic heterocycles. The summed E-state index contributed by atoms with van der Waals surface area (Å²) in [5.74, 6) is 0.766. The Morgan fingerprint density at radius 1 is 1.36 bits per heavy atom. The number of likely N-dealkylation sites (N-methyl/N-ethyl adjacent to an activating group) is 1. The molecule has 0 aliphatic heterocycles. The standard InChI is InChI=1S/C12H28N2/c1-6-8-12(4,10-13)14(5)9-11(3)7-2/h11H,6-10,13H2,1-5H3. The van der Waals surface area contributed by atoms with Crippen LogP contribution in [0.2, 0.25) is 0 Å². The average molecular weight is 200 g/mol. The third-order valence-electron chi connectivity index (χ3n) is 3.43. The normalized spacial score (nSPS) is 18.2. The number of hydrogen-bond donors (Lipinski definition) is 1. The van der Waals surface area contributed by atoms with E-state index >= 15 is 0 Å². The molecule has 0 rings (SSSR count). The van der Waals surface area contributed by atoms with Gasteiger partial charge in [-0.05, 0) is 26.3 Å². The monoisotopic (exact) mass is 200 g/mol. The summed E-state index contributed by atoms with van der Waals surface area (Å²) in [5, 5.41) is 0. The number of nitrogens with zero attached hydrogens (tertiary/aromatic N) is 1. The van der Waals surface area contributed by atoms with Gasteiger partial charge in [-0.25, -0.2) is 0 Å². The maximum atomic E-state index is 5.87. The number of rotatable bonds is 7. The van der Waals surface area contributed by atoms with Crippen LogP contribution in [0.4, 0.5) is 0 Å². The fourth-order valence-corrected chi connectivity index (χ4v) is 1.80. The molecule has 0 radical (unpaired) electrons. The van der Waals surface area contributed by atoms with Gasteiger partial charge in [0, 0.05) is 18.6 Å². The van der Waals surface area contributed by atoms with Gasteiger partial charge in [-0.2, -0.15) is 0 Å². The minimum absolute atomic E-state index is 0.193. The summed E-state index contributed by atoms with van der Waals surface area (Å²) in [7, 11) is 2.20. The van der Waals surface area contributed by atoms with E-state index < -0.39 is 0 Å². The van der Waals surface area contributed by atoms with Gasteiger partial charge in [-0.15, -0.1) is 0 Å². The van der Waals surface area contributed by atoms with Gasteiger partial charge in [0.25, 0.3) is 0 Å². The zero-order chi connectivity index (χ0) is 11.2. The summed E-state index contributed by atoms with van der Waals surface area (Å²) in [6, 6.07) is 0. The maximum Gasteiger partial charge on any atom is 0.0300 e. The molecule has 0 spiro atoms. The Kier molecular flexibility index (Phi) is 6.38. The molecule has 2 N–H and O–H groups in total. The molecule has 2 unspecified atom stereocenters. The minimum atomic E-state index is 0.193. The molecule has 2 nitrogen and oxygen atoms in total. The van der Waals surface area contributed by atoms with Crippen LogP contribution in [0.1, 0.15) is 47.0 Å². The molecular formula is C12H28N2. The second kappa shape index (κ2) is 6.41. The Bertz CT molecular complexity index is 147. The summed E-state index contributed by atoms with van der Waals surface area (Å²) in [5.41, 5.74) is 6.06. The lowest BCUT2D eigenvalue weighted by molar-refractivity contribution is 0.114. The first-order chi connectivity index (χ1) is 6.50. The summed E-state index contributed by atoms with van der Waals surface area (Å²) in [6.45, 7) is 11.0. The molecule has 2 heteroatoms. The van der Waals surface area contributed by atoms with Crippen molar-refractivity contribution in [2.45, 2.75) is 52.5 Å². The highest BCUT2D eigenvalue weighted by Gasteiger charge is 2.26. The van der Waals surface area contributed by atoms with Crippen LogP contribution in [-0.2, 0) is 0 Å². The Balaban J connectivity index is 4.21. The minimum Gasteiger partial charge on any atom is -0.329 e. The predicted molar refractivity (Wildman–Crippen MR) is 64.5 cm³/mol. The van der Waals surface area contributed by atoms with Crippen molar-refractivity contribution in [3.63, 3.8) is 0 Å². The molecule has 14 heavy (non-hydrogen) atoms. The van der Waals surface area contributed by atoms with E-state index in [9.17, 15) is 0 Å². The molecular weight excluding hydrogens is 172 g/mol. The zero-order valence-corrected chi connectivity index (χ0v) is 10.6. The summed E-state index contributed by atoms with van der Waals surface area (Å²) < 4.78 is 0. The molecule has 86 valence electrons. The van der Waals surface area contributed by atoms with Gasteiger partial charge in [-0.3, -0.25) is 4.90 Å². The van der Waals surface area contributed by atoms with E-state index in [1.54, 1.807) is 0 Å². The molecule has 0 aromatic carbocycles. The molecule has 0 saturated heterocycles. The fourth-order valence-electron chi connectivity index (χ4n) is 1.80. The molecule has 0 aromatic rings. The Hall–Kier alpha value is -0.0800. The summed E-state index contributed by atoms with van der Waals surface area (Å²) >= 11 is 0. The van der Waals surface area contributed by atoms with Gasteiger partial charge in [0.1, 0.15) is 0 Å². The predicted octanol–water partition coefficient (Wildman–Crippen LogP) is 2.48. The molecule has 0 fully saturated rings. The second-order valence-corrected chi connectivity index (χ2v) is 4.85. The smallest absolute Gasteiger partial charge is 0.0300 e. The fraction of sp³-hybridized carbons (Fsp3) is 1.00. The molecule has 0 saturated carbocycles. The summed E-state index contributed by atoms with van der Waals surface area (Å²) in [4.78, 5) is 2.44. The van der Waals surface area contributed by atoms with Crippen LogP contribution in [-0.4, -0.2) is 30.6 Å². The van der Waals surface area contributed by atoms with Gasteiger partial charge in [-0.1, -0.05) is 33.6 Å². The maximum absolute atomic E-state index is 5.87. The van der Waals surface area contributed by atoms with Crippen LogP contribution in [0.5, 0.6) is 0 Å². The van der Waals surface area contributed by atoms with E-state index in [-0.39, 0.29) is 5.54 Å². The molecule has 0 amide bonds. The third kappa shape index (κ3) is 3.97. The molecule has 0 bridgehead atoms. The van der Waals surface area contributed by atoms with Crippen molar-refractivity contribution >= 4 is 0 Å². The quantitative estimate of drug-likeness (QED) is 0.684. The lowest BCUT2D eigenvalue weighted by atomic mass is 9.93. The van der Waals surface area contributed by atoms with Crippen LogP contribution < -0.4 is 5.73 Å². The average Bonchev–Trinajstić information content (AvgIpc) is 2.17. The van der Waals surface area contributed by atoms with Crippen LogP contribution >= 0.6 is 0 Å². The van der Waals surface area contributed by atoms with Crippen molar-refractivity contribution in [1.29, 1.82) is 0 Å². The number of hydrogen-bond acceptors (Lipinski definition) is 2. The van der Waals surface area contributed by atoms with Gasteiger partial charge >= 0.3 is 0 Å². The Morgan fingerprint density at radius 2 is 1.93 bits per heavy atom. The highest BCUT2D eigenvalue weighted by atomic mass is 15.2. The van der Waals surface area contributed by atoms with Gasteiger partial charge in [0.15, 0.2) is 0 Å². The van der Waals surface area contributed by atoms with Crippen LogP contribution in [0.15, 0.2) is 0 Å². The van der Waals surface area contributed by atoms with Crippen molar-refractivity contribution < 1.29 is 0 Å². The van der Waals surface area contributed by atoms with E-state index in [2.05, 4.69) is 39.6 Å². The van der Waals surface area contributed by atoms with Crippen molar-refractivity contribution in [1.82, 2.24) is 4.90 Å². The first-order valence-corrected chi connectivity index (χ1v) is 5.91. The topological polar surface area (TPSA) is 29.3 Å². The largest absolute Gasteiger partial charge is 0.329 e. The van der Waals surface area contributed by atoms with Crippen molar-refractivity contribution in [3.05, 3.63) is 0 Å². The van der Waals surface area contributed by atoms with E-state index in [0.717, 1.165) is 19.0 Å². The zero-order valence-electron chi connectivity index (χ0n) is 10.6. The first-order valence-electron chi connectivity index (χ1n) is 5.91. The highest BCUT2D eigenvalue weighted by molar-refractivity contribution is 4.85. The second-order valence-electron chi connectivity index (χ2n) is 4.85. The Morgan fingerprint density at radius 3 is 2.29 bits per heavy atom. The molecule has 0 aliphatic rings. The number of nitrogens with two attached hydrogens (primary N) is 1. The van der Waals surface area contributed by atoms with Crippen molar-refractivity contribution in [2.24, 2.45) is 11.7 Å². The van der Waals surface area contributed by atoms with E-state index in [4.69, 9.17) is 5.73 Å². The van der Waals surface area contributed by atoms with Crippen LogP contribution in [0, 0.1) is 5.92 Å². The van der Waals surface area contributed by atoms with E-state index in [1.807, 2.05) is 0 Å². The van der Waals surface area contributed by atoms with Gasteiger partial charge < -0.3 is 5.73 Å². The van der Waals surface area contributed by atoms with E-state index in [1.165, 1.54) is 19.3 Å². The van der Waals surface area contributed by atoms with Gasteiger partial charge in [0.2, 0.25) is 0 Å². The summed E-state index contributed by atoms with van der Waals surface area (Å²) in [6.07, 6.45) is 3.64. The molecule has 2 atom stereocenters. The Labute approximate surface area is 89.9 Å². The third-order valence-corrected chi connectivity index (χ3v) is 3.43. The highest BCUT2D eigenvalue weighted by Crippen LogP contribution is 2.20. The van der Waals surface area contributed by atoms with Crippen LogP contribution in [0.25, 0.3) is 0 Å². The lowest BCUT2D eigenvalue weighted by Gasteiger charge is -2.39. The first kappa shape index (κ1) is 13.9. The lowest BCUT2D eigenvalue weighted by Crippen LogP contribution is -2.50. The van der Waals surface area contributed by atoms with Crippen molar-refractivity contribution in [2.75, 3.05) is 20.1 Å². The SMILES string of the molecule is CCCC(C)(CN)N(C)CC(C)CC. The van der Waals surface area contributed by atoms with Gasteiger partial charge in [0.05, 0.1) is 0 Å². The van der Waals surface area contributed by atoms with Crippen LogP contribution in [0.3, 0.4) is 0 Å². The molecule has 0 aliphatic carbocycles. The molecule has 0 heterocycles. The van der Waals surface area contributed by atoms with E-state index in [0.29, 0.717) is 0 Å².